The molecule has 13 aromatic rings. The van der Waals surface area contributed by atoms with Crippen LogP contribution in [0.1, 0.15) is 44.5 Å². The summed E-state index contributed by atoms with van der Waals surface area (Å²) in [6.45, 7) is 0. The Bertz CT molecular complexity index is 4500. The van der Waals surface area contributed by atoms with E-state index in [1.165, 1.54) is 117 Å². The molecule has 17 rings (SSSR count). The Morgan fingerprint density at radius 3 is 1.38 bits per heavy atom. The van der Waals surface area contributed by atoms with Crippen LogP contribution in [0, 0.1) is 0 Å². The quantitative estimate of drug-likeness (QED) is 0.167. The summed E-state index contributed by atoms with van der Waals surface area (Å²) < 4.78 is 2.57. The van der Waals surface area contributed by atoms with Gasteiger partial charge < -0.3 is 9.47 Å². The third kappa shape index (κ3) is 5.20. The number of nitrogens with zero attached hydrogens (tertiary/aromatic N) is 2. The molecule has 4 aliphatic rings. The monoisotopic (exact) mass is 962 g/mol. The summed E-state index contributed by atoms with van der Waals surface area (Å²) >= 11 is 0. The van der Waals surface area contributed by atoms with Crippen molar-refractivity contribution in [3.8, 4) is 61.3 Å². The second-order valence-corrected chi connectivity index (χ2v) is 21.0. The fraction of sp³-hybridized carbons (Fsp3) is 0.0270. The van der Waals surface area contributed by atoms with Crippen molar-refractivity contribution in [2.45, 2.75) is 10.8 Å². The molecule has 0 saturated carbocycles. The van der Waals surface area contributed by atoms with Crippen molar-refractivity contribution in [2.24, 2.45) is 0 Å². The molecule has 12 aromatic carbocycles. The van der Waals surface area contributed by atoms with Crippen molar-refractivity contribution in [3.63, 3.8) is 0 Å². The summed E-state index contributed by atoms with van der Waals surface area (Å²) in [7, 11) is 0. The molecule has 0 bridgehead atoms. The summed E-state index contributed by atoms with van der Waals surface area (Å²) in [4.78, 5) is 2.60. The Balaban J connectivity index is 0.989. The van der Waals surface area contributed by atoms with Gasteiger partial charge in [0, 0.05) is 27.6 Å². The van der Waals surface area contributed by atoms with Gasteiger partial charge in [0.15, 0.2) is 0 Å². The maximum atomic E-state index is 2.60. The standard InChI is InChI=1S/C74H46N2/c1-2-20-47(21-3-1)48-40-42-49(43-41-48)51-22-9-16-37-67(51)75(70-39-19-35-64-71(70)58-28-8-15-34-63(58)73(64)59-30-11-4-23-52(59)53-24-5-12-31-60(53)73)50-44-45-69-66(46-50)74(61-32-13-6-25-54(61)55-26-7-14-33-62(55)74)65-36-18-29-57-56-27-10-17-38-68(56)76(69)72(57)65/h1-46H. The van der Waals surface area contributed by atoms with Crippen molar-refractivity contribution in [1.29, 1.82) is 0 Å². The van der Waals surface area contributed by atoms with Crippen molar-refractivity contribution in [3.05, 3.63) is 324 Å². The lowest BCUT2D eigenvalue weighted by Gasteiger charge is -2.40. The maximum absolute atomic E-state index is 2.60. The predicted molar refractivity (Wildman–Crippen MR) is 313 cm³/mol. The summed E-state index contributed by atoms with van der Waals surface area (Å²) in [5.41, 5.74) is 28.9. The van der Waals surface area contributed by atoms with E-state index < -0.39 is 10.8 Å². The molecule has 2 heterocycles. The number of aromatic nitrogens is 1. The topological polar surface area (TPSA) is 8.17 Å². The van der Waals surface area contributed by atoms with Gasteiger partial charge in [-0.05, 0) is 125 Å². The van der Waals surface area contributed by atoms with Gasteiger partial charge in [0.25, 0.3) is 0 Å². The lowest BCUT2D eigenvalue weighted by molar-refractivity contribution is 0.748. The first-order valence-corrected chi connectivity index (χ1v) is 26.6. The minimum Gasteiger partial charge on any atom is -0.309 e. The highest BCUT2D eigenvalue weighted by Gasteiger charge is 2.54. The Kier molecular flexibility index (Phi) is 8.44. The number of rotatable bonds is 5. The van der Waals surface area contributed by atoms with E-state index in [4.69, 9.17) is 0 Å². The molecule has 0 amide bonds. The lowest BCUT2D eigenvalue weighted by Crippen LogP contribution is -2.33. The van der Waals surface area contributed by atoms with Gasteiger partial charge in [-0.25, -0.2) is 0 Å². The van der Waals surface area contributed by atoms with Crippen molar-refractivity contribution >= 4 is 38.9 Å². The van der Waals surface area contributed by atoms with Crippen LogP contribution in [0.4, 0.5) is 17.1 Å². The zero-order valence-corrected chi connectivity index (χ0v) is 41.5. The molecular weight excluding hydrogens is 917 g/mol. The summed E-state index contributed by atoms with van der Waals surface area (Å²) in [5, 5.41) is 2.54. The van der Waals surface area contributed by atoms with E-state index in [9.17, 15) is 0 Å². The minimum atomic E-state index is -0.618. The normalized spacial score (nSPS) is 14.0. The maximum Gasteiger partial charge on any atom is 0.0755 e. The average Bonchev–Trinajstić information content (AvgIpc) is 4.07. The van der Waals surface area contributed by atoms with Gasteiger partial charge in [-0.15, -0.1) is 0 Å². The molecule has 0 radical (unpaired) electrons. The molecule has 76 heavy (non-hydrogen) atoms. The summed E-state index contributed by atoms with van der Waals surface area (Å²) in [6.07, 6.45) is 0. The molecule has 0 unspecified atom stereocenters. The molecule has 3 aliphatic carbocycles. The van der Waals surface area contributed by atoms with E-state index in [0.717, 1.165) is 28.2 Å². The Hall–Kier alpha value is -9.76. The van der Waals surface area contributed by atoms with Crippen LogP contribution in [0.2, 0.25) is 0 Å². The summed E-state index contributed by atoms with van der Waals surface area (Å²) in [5.74, 6) is 0. The molecule has 2 heteroatoms. The molecular formula is C74H46N2. The van der Waals surface area contributed by atoms with Gasteiger partial charge in [0.05, 0.1) is 38.9 Å². The highest BCUT2D eigenvalue weighted by Crippen LogP contribution is 2.66. The zero-order valence-electron chi connectivity index (χ0n) is 41.5. The number of benzene rings is 12. The third-order valence-electron chi connectivity index (χ3n) is 17.6. The molecule has 1 aromatic heterocycles. The van der Waals surface area contributed by atoms with Gasteiger partial charge in [0.1, 0.15) is 0 Å². The first-order chi connectivity index (χ1) is 37.7. The Labute approximate surface area is 441 Å². The highest BCUT2D eigenvalue weighted by molar-refractivity contribution is 6.13. The number of fused-ring (bicyclic) bond motifs is 22. The fourth-order valence-corrected chi connectivity index (χ4v) is 14.8. The smallest absolute Gasteiger partial charge is 0.0755 e. The number of para-hydroxylation sites is 3. The molecule has 1 aliphatic heterocycles. The second-order valence-electron chi connectivity index (χ2n) is 21.0. The molecule has 2 nitrogen and oxygen atoms in total. The molecule has 0 N–H and O–H groups in total. The van der Waals surface area contributed by atoms with Crippen LogP contribution >= 0.6 is 0 Å². The van der Waals surface area contributed by atoms with E-state index in [-0.39, 0.29) is 0 Å². The van der Waals surface area contributed by atoms with E-state index >= 15 is 0 Å². The fourth-order valence-electron chi connectivity index (χ4n) is 14.8. The average molecular weight is 963 g/mol. The van der Waals surface area contributed by atoms with E-state index in [1.807, 2.05) is 0 Å². The van der Waals surface area contributed by atoms with Crippen LogP contribution in [-0.2, 0) is 10.8 Å². The molecule has 0 fully saturated rings. The Morgan fingerprint density at radius 1 is 0.276 bits per heavy atom. The third-order valence-corrected chi connectivity index (χ3v) is 17.6. The van der Waals surface area contributed by atoms with E-state index in [1.54, 1.807) is 0 Å². The minimum absolute atomic E-state index is 0.505. The largest absolute Gasteiger partial charge is 0.309 e. The summed E-state index contributed by atoms with van der Waals surface area (Å²) in [6, 6.07) is 105. The molecule has 352 valence electrons. The van der Waals surface area contributed by atoms with Crippen LogP contribution < -0.4 is 4.90 Å². The number of anilines is 3. The Morgan fingerprint density at radius 2 is 0.724 bits per heavy atom. The van der Waals surface area contributed by atoms with Gasteiger partial charge in [-0.1, -0.05) is 243 Å². The molecule has 0 saturated heterocycles. The number of hydrogen-bond acceptors (Lipinski definition) is 1. The van der Waals surface area contributed by atoms with Gasteiger partial charge >= 0.3 is 0 Å². The predicted octanol–water partition coefficient (Wildman–Crippen LogP) is 18.6. The van der Waals surface area contributed by atoms with Crippen LogP contribution in [0.25, 0.3) is 83.1 Å². The van der Waals surface area contributed by atoms with Crippen molar-refractivity contribution in [1.82, 2.24) is 4.57 Å². The van der Waals surface area contributed by atoms with Crippen LogP contribution in [-0.4, -0.2) is 4.57 Å². The van der Waals surface area contributed by atoms with Crippen LogP contribution in [0.3, 0.4) is 0 Å². The van der Waals surface area contributed by atoms with Crippen molar-refractivity contribution < 1.29 is 0 Å². The van der Waals surface area contributed by atoms with Crippen LogP contribution in [0.5, 0.6) is 0 Å². The van der Waals surface area contributed by atoms with E-state index in [2.05, 4.69) is 289 Å². The highest BCUT2D eigenvalue weighted by atomic mass is 15.2. The zero-order chi connectivity index (χ0) is 49.7. The molecule has 0 atom stereocenters. The van der Waals surface area contributed by atoms with Gasteiger partial charge in [-0.3, -0.25) is 0 Å². The SMILES string of the molecule is c1ccc(-c2ccc(-c3ccccc3N(c3ccc4c(c3)C3(c5ccccc5-c5ccccc53)c3cccc5c6ccccc6n-4c35)c3cccc4c3-c3ccccc3C43c4ccccc4-c4ccccc43)cc2)cc1. The van der Waals surface area contributed by atoms with E-state index in [0.29, 0.717) is 0 Å². The molecule has 2 spiro atoms. The van der Waals surface area contributed by atoms with Crippen molar-refractivity contribution in [2.75, 3.05) is 4.90 Å². The lowest BCUT2D eigenvalue weighted by atomic mass is 9.65. The van der Waals surface area contributed by atoms with Gasteiger partial charge in [0.2, 0.25) is 0 Å². The van der Waals surface area contributed by atoms with Crippen LogP contribution in [0.15, 0.2) is 279 Å². The first-order valence-electron chi connectivity index (χ1n) is 26.6. The first kappa shape index (κ1) is 41.7. The second kappa shape index (κ2) is 15.4. The number of hydrogen-bond donors (Lipinski definition) is 0. The van der Waals surface area contributed by atoms with Gasteiger partial charge in [-0.2, -0.15) is 0 Å².